The standard InChI is InChI=1S/C29H20F2N6O3S.CH3I/c30-20-5-2-6-21(31)24(20)27(39)34-17-4-1-3-16(11-17)25-26(41-28(32)37-25)22-9-10-33-29(36-22)35-18-8-7-15-12-19(38)14-40-23(15)13-18;1-2/h1-11,13H,12,14H2,(H2,32,37)(H,34,39)(H,33,35,36);1H3. The number of nitrogens with zero attached hydrogens (tertiary/aromatic N) is 3. The number of rotatable bonds is 6. The minimum atomic E-state index is -0.959. The van der Waals surface area contributed by atoms with Gasteiger partial charge in [0.25, 0.3) is 5.91 Å². The Morgan fingerprint density at radius 3 is 2.56 bits per heavy atom. The maximum absolute atomic E-state index is 14.1. The Balaban J connectivity index is 0.00000180. The molecule has 2 aromatic heterocycles. The molecule has 1 aliphatic rings. The number of amides is 1. The minimum absolute atomic E-state index is 0.0285. The number of nitrogen functional groups attached to an aromatic ring is 1. The number of thiazole rings is 1. The Labute approximate surface area is 262 Å². The van der Waals surface area contributed by atoms with Gasteiger partial charge in [0.15, 0.2) is 10.9 Å². The Morgan fingerprint density at radius 2 is 1.77 bits per heavy atom. The highest BCUT2D eigenvalue weighted by Gasteiger charge is 2.20. The van der Waals surface area contributed by atoms with Crippen LogP contribution in [0.25, 0.3) is 21.8 Å². The molecule has 0 unspecified atom stereocenters. The summed E-state index contributed by atoms with van der Waals surface area (Å²) >= 11 is 3.38. The van der Waals surface area contributed by atoms with E-state index in [-0.39, 0.29) is 12.4 Å². The summed E-state index contributed by atoms with van der Waals surface area (Å²) < 4.78 is 33.7. The number of carbonyl (C=O) groups excluding carboxylic acids is 2. The van der Waals surface area contributed by atoms with Gasteiger partial charge in [0.05, 0.1) is 16.3 Å². The zero-order chi connectivity index (χ0) is 30.5. The van der Waals surface area contributed by atoms with E-state index in [1.165, 1.54) is 17.4 Å². The maximum Gasteiger partial charge on any atom is 0.261 e. The fraction of sp³-hybridized carbons (Fsp3) is 0.100. The quantitative estimate of drug-likeness (QED) is 0.131. The van der Waals surface area contributed by atoms with Gasteiger partial charge >= 0.3 is 0 Å². The summed E-state index contributed by atoms with van der Waals surface area (Å²) in [5, 5.41) is 5.99. The molecule has 6 rings (SSSR count). The third-order valence-corrected chi connectivity index (χ3v) is 7.12. The van der Waals surface area contributed by atoms with Crippen molar-refractivity contribution in [2.75, 3.05) is 27.9 Å². The number of alkyl halides is 1. The van der Waals surface area contributed by atoms with E-state index in [1.54, 1.807) is 42.6 Å². The van der Waals surface area contributed by atoms with Gasteiger partial charge in [0.2, 0.25) is 5.95 Å². The highest BCUT2D eigenvalue weighted by molar-refractivity contribution is 14.1. The first-order valence-corrected chi connectivity index (χ1v) is 15.7. The highest BCUT2D eigenvalue weighted by atomic mass is 127. The predicted octanol–water partition coefficient (Wildman–Crippen LogP) is 6.68. The number of anilines is 4. The van der Waals surface area contributed by atoms with E-state index in [4.69, 9.17) is 10.5 Å². The molecule has 1 aliphatic heterocycles. The predicted molar refractivity (Wildman–Crippen MR) is 171 cm³/mol. The molecule has 0 saturated carbocycles. The van der Waals surface area contributed by atoms with Crippen LogP contribution in [0.3, 0.4) is 0 Å². The molecule has 0 fully saturated rings. The van der Waals surface area contributed by atoms with E-state index in [2.05, 4.69) is 48.2 Å². The normalized spacial score (nSPS) is 12.0. The third-order valence-electron chi connectivity index (χ3n) is 6.22. The molecule has 0 radical (unpaired) electrons. The lowest BCUT2D eigenvalue weighted by atomic mass is 10.1. The molecule has 3 heterocycles. The number of hydrogen-bond donors (Lipinski definition) is 3. The molecule has 0 spiro atoms. The van der Waals surface area contributed by atoms with Crippen LogP contribution in [0.2, 0.25) is 0 Å². The van der Waals surface area contributed by atoms with Crippen LogP contribution in [0, 0.1) is 11.6 Å². The Morgan fingerprint density at radius 1 is 1.00 bits per heavy atom. The van der Waals surface area contributed by atoms with Crippen LogP contribution in [0.1, 0.15) is 15.9 Å². The number of nitrogens with two attached hydrogens (primary N) is 1. The van der Waals surface area contributed by atoms with Crippen molar-refractivity contribution in [3.8, 4) is 27.6 Å². The average Bonchev–Trinajstić information content (AvgIpc) is 3.40. The van der Waals surface area contributed by atoms with Crippen LogP contribution in [0.15, 0.2) is 72.9 Å². The number of fused-ring (bicyclic) bond motifs is 1. The zero-order valence-corrected chi connectivity index (χ0v) is 25.5. The van der Waals surface area contributed by atoms with E-state index >= 15 is 0 Å². The Kier molecular flexibility index (Phi) is 9.21. The van der Waals surface area contributed by atoms with Gasteiger partial charge in [0, 0.05) is 41.2 Å². The largest absolute Gasteiger partial charge is 0.485 e. The first-order valence-electron chi connectivity index (χ1n) is 12.7. The second-order valence-corrected chi connectivity index (χ2v) is 10.1. The van der Waals surface area contributed by atoms with Crippen LogP contribution < -0.4 is 21.1 Å². The zero-order valence-electron chi connectivity index (χ0n) is 22.5. The number of carbonyl (C=O) groups is 2. The van der Waals surface area contributed by atoms with E-state index in [9.17, 15) is 18.4 Å². The van der Waals surface area contributed by atoms with Crippen LogP contribution in [0.4, 0.5) is 31.2 Å². The van der Waals surface area contributed by atoms with E-state index < -0.39 is 23.1 Å². The van der Waals surface area contributed by atoms with Crippen molar-refractivity contribution < 1.29 is 23.1 Å². The van der Waals surface area contributed by atoms with Crippen molar-refractivity contribution in [1.82, 2.24) is 15.0 Å². The molecule has 43 heavy (non-hydrogen) atoms. The average molecular weight is 713 g/mol. The van der Waals surface area contributed by atoms with E-state index in [0.717, 1.165) is 17.7 Å². The summed E-state index contributed by atoms with van der Waals surface area (Å²) in [6.45, 7) is 0.0446. The van der Waals surface area contributed by atoms with Crippen LogP contribution in [0.5, 0.6) is 5.75 Å². The molecule has 0 bridgehead atoms. The van der Waals surface area contributed by atoms with Crippen molar-refractivity contribution in [2.45, 2.75) is 6.42 Å². The smallest absolute Gasteiger partial charge is 0.261 e. The van der Waals surface area contributed by atoms with Crippen molar-refractivity contribution in [2.24, 2.45) is 0 Å². The number of aromatic nitrogens is 3. The number of halogens is 3. The molecule has 4 N–H and O–H groups in total. The fourth-order valence-electron chi connectivity index (χ4n) is 4.37. The molecule has 13 heteroatoms. The molecule has 0 saturated heterocycles. The lowest BCUT2D eigenvalue weighted by Gasteiger charge is -2.17. The molecular formula is C30H23F2IN6O3S. The van der Waals surface area contributed by atoms with Gasteiger partial charge in [-0.1, -0.05) is 58.2 Å². The Hall–Kier alpha value is -4.50. The monoisotopic (exact) mass is 712 g/mol. The number of benzene rings is 3. The topological polar surface area (TPSA) is 132 Å². The second kappa shape index (κ2) is 13.2. The summed E-state index contributed by atoms with van der Waals surface area (Å²) in [5.41, 5.74) is 8.90. The lowest BCUT2D eigenvalue weighted by molar-refractivity contribution is -0.121. The molecule has 0 aliphatic carbocycles. The van der Waals surface area contributed by atoms with E-state index in [0.29, 0.717) is 56.5 Å². The summed E-state index contributed by atoms with van der Waals surface area (Å²) in [5.74, 6) is -1.85. The first kappa shape index (κ1) is 30.0. The van der Waals surface area contributed by atoms with Gasteiger partial charge in [0.1, 0.15) is 29.6 Å². The lowest BCUT2D eigenvalue weighted by Crippen LogP contribution is -2.20. The highest BCUT2D eigenvalue weighted by Crippen LogP contribution is 2.38. The summed E-state index contributed by atoms with van der Waals surface area (Å²) in [7, 11) is 0. The summed E-state index contributed by atoms with van der Waals surface area (Å²) in [6, 6.07) is 17.1. The number of ether oxygens (including phenoxy) is 1. The molecule has 1 amide bonds. The number of hydrogen-bond acceptors (Lipinski definition) is 9. The van der Waals surface area contributed by atoms with E-state index in [1.807, 2.05) is 17.1 Å². The molecule has 0 atom stereocenters. The molecule has 3 aromatic carbocycles. The Bertz CT molecular complexity index is 1810. The maximum atomic E-state index is 14.1. The third kappa shape index (κ3) is 6.78. The first-order chi connectivity index (χ1) is 20.8. The van der Waals surface area contributed by atoms with Gasteiger partial charge in [-0.3, -0.25) is 9.59 Å². The number of Topliss-reactive ketones (excluding diaryl/α,β-unsaturated/α-hetero) is 1. The van der Waals surface area contributed by atoms with Crippen molar-refractivity contribution in [1.29, 1.82) is 0 Å². The summed E-state index contributed by atoms with van der Waals surface area (Å²) in [6.07, 6.45) is 1.93. The molecule has 5 aromatic rings. The van der Waals surface area contributed by atoms with Gasteiger partial charge < -0.3 is 21.1 Å². The van der Waals surface area contributed by atoms with Crippen molar-refractivity contribution >= 4 is 68.1 Å². The van der Waals surface area contributed by atoms with Gasteiger partial charge in [-0.2, -0.15) is 0 Å². The summed E-state index contributed by atoms with van der Waals surface area (Å²) in [4.78, 5) is 40.3. The van der Waals surface area contributed by atoms with Crippen LogP contribution >= 0.6 is 33.9 Å². The fourth-order valence-corrected chi connectivity index (χ4v) is 5.19. The molecular weight excluding hydrogens is 689 g/mol. The second-order valence-electron chi connectivity index (χ2n) is 9.08. The van der Waals surface area contributed by atoms with Gasteiger partial charge in [-0.25, -0.2) is 23.7 Å². The van der Waals surface area contributed by atoms with Crippen LogP contribution in [-0.4, -0.2) is 38.2 Å². The van der Waals surface area contributed by atoms with Crippen molar-refractivity contribution in [3.05, 3.63) is 95.7 Å². The minimum Gasteiger partial charge on any atom is -0.485 e. The van der Waals surface area contributed by atoms with Crippen molar-refractivity contribution in [3.63, 3.8) is 0 Å². The molecule has 218 valence electrons. The number of nitrogens with one attached hydrogen (secondary N) is 2. The van der Waals surface area contributed by atoms with Gasteiger partial charge in [-0.15, -0.1) is 0 Å². The number of ketones is 1. The van der Waals surface area contributed by atoms with Gasteiger partial charge in [-0.05, 0) is 41.3 Å². The molecule has 9 nitrogen and oxygen atoms in total. The van der Waals surface area contributed by atoms with Crippen LogP contribution in [-0.2, 0) is 11.2 Å². The SMILES string of the molecule is CI.Nc1nc(-c2cccc(NC(=O)c3c(F)cccc3F)c2)c(-c2ccnc(Nc3ccc4c(c3)OCC(=O)C4)n2)s1.